The maximum Gasteiger partial charge on any atom is 0.331 e. The molecular formula is C22H22N4O5. The summed E-state index contributed by atoms with van der Waals surface area (Å²) in [5.74, 6) is -1.30. The lowest BCUT2D eigenvalue weighted by Gasteiger charge is -2.51. The van der Waals surface area contributed by atoms with Crippen LogP contribution in [0.1, 0.15) is 31.0 Å². The van der Waals surface area contributed by atoms with E-state index in [1.807, 2.05) is 30.3 Å². The molecule has 0 bridgehead atoms. The summed E-state index contributed by atoms with van der Waals surface area (Å²) >= 11 is 0. The molecule has 0 saturated carbocycles. The number of hydrogen-bond acceptors (Lipinski definition) is 6. The summed E-state index contributed by atoms with van der Waals surface area (Å²) in [7, 11) is 1.75. The van der Waals surface area contributed by atoms with Crippen LogP contribution in [0.25, 0.3) is 0 Å². The molecule has 31 heavy (non-hydrogen) atoms. The first-order valence-electron chi connectivity index (χ1n) is 9.92. The minimum atomic E-state index is -1.66. The molecule has 2 heterocycles. The van der Waals surface area contributed by atoms with Gasteiger partial charge < -0.3 is 4.90 Å². The Balaban J connectivity index is 1.98. The molecule has 160 valence electrons. The summed E-state index contributed by atoms with van der Waals surface area (Å²) in [5, 5.41) is 13.7. The van der Waals surface area contributed by atoms with E-state index in [-0.39, 0.29) is 12.1 Å². The van der Waals surface area contributed by atoms with Crippen molar-refractivity contribution >= 4 is 29.2 Å². The van der Waals surface area contributed by atoms with E-state index in [1.54, 1.807) is 31.9 Å². The molecule has 0 radical (unpaired) electrons. The first-order chi connectivity index (χ1) is 14.7. The third-order valence-corrected chi connectivity index (χ3v) is 6.05. The Morgan fingerprint density at radius 2 is 1.81 bits per heavy atom. The van der Waals surface area contributed by atoms with Crippen LogP contribution >= 0.6 is 0 Å². The number of urea groups is 1. The molecule has 9 nitrogen and oxygen atoms in total. The number of benzene rings is 2. The zero-order chi connectivity index (χ0) is 22.5. The fraction of sp³-hybridized carbons (Fsp3) is 0.318. The molecule has 1 N–H and O–H groups in total. The molecule has 2 aromatic rings. The predicted molar refractivity (Wildman–Crippen MR) is 112 cm³/mol. The number of nitro groups is 1. The van der Waals surface area contributed by atoms with Gasteiger partial charge in [-0.05, 0) is 31.0 Å². The molecule has 1 fully saturated rings. The second-order valence-electron chi connectivity index (χ2n) is 8.17. The Hall–Kier alpha value is -3.75. The van der Waals surface area contributed by atoms with Crippen LogP contribution in [0.3, 0.4) is 0 Å². The zero-order valence-electron chi connectivity index (χ0n) is 17.4. The highest BCUT2D eigenvalue weighted by Gasteiger charge is 2.62. The third kappa shape index (κ3) is 2.96. The number of nitro benzene ring substituents is 1. The SMILES string of the molecule is CC(C)N1C(=O)NC(=O)[C@@]2(Cc3cc([N+](=O)[O-])ccc3N(C)[C@H]2c2ccccc2)C1=O. The third-order valence-electron chi connectivity index (χ3n) is 6.05. The molecule has 0 aromatic heterocycles. The van der Waals surface area contributed by atoms with Crippen LogP contribution in [0.4, 0.5) is 16.2 Å². The molecule has 2 aliphatic rings. The molecule has 0 unspecified atom stereocenters. The van der Waals surface area contributed by atoms with Gasteiger partial charge in [0.2, 0.25) is 11.8 Å². The molecule has 1 saturated heterocycles. The number of hydrogen-bond donors (Lipinski definition) is 1. The number of fused-ring (bicyclic) bond motifs is 1. The molecule has 2 aliphatic heterocycles. The van der Waals surface area contributed by atoms with Gasteiger partial charge >= 0.3 is 6.03 Å². The second kappa shape index (κ2) is 7.19. The van der Waals surface area contributed by atoms with E-state index in [0.717, 1.165) is 10.5 Å². The Labute approximate surface area is 178 Å². The van der Waals surface area contributed by atoms with Crippen molar-refractivity contribution in [2.24, 2.45) is 5.41 Å². The van der Waals surface area contributed by atoms with Crippen molar-refractivity contribution in [3.05, 3.63) is 69.8 Å². The Kier molecular flexibility index (Phi) is 4.76. The zero-order valence-corrected chi connectivity index (χ0v) is 17.4. The lowest BCUT2D eigenvalue weighted by atomic mass is 9.66. The van der Waals surface area contributed by atoms with E-state index in [9.17, 15) is 24.5 Å². The van der Waals surface area contributed by atoms with E-state index < -0.39 is 40.3 Å². The first kappa shape index (κ1) is 20.5. The number of nitrogens with zero attached hydrogens (tertiary/aromatic N) is 3. The molecule has 9 heteroatoms. The van der Waals surface area contributed by atoms with E-state index in [0.29, 0.717) is 11.3 Å². The van der Waals surface area contributed by atoms with Crippen molar-refractivity contribution in [1.82, 2.24) is 10.2 Å². The Morgan fingerprint density at radius 3 is 2.42 bits per heavy atom. The Morgan fingerprint density at radius 1 is 1.13 bits per heavy atom. The highest BCUT2D eigenvalue weighted by molar-refractivity contribution is 6.20. The minimum absolute atomic E-state index is 0.0604. The molecule has 2 aromatic carbocycles. The van der Waals surface area contributed by atoms with Gasteiger partial charge in [0.05, 0.1) is 11.0 Å². The number of non-ortho nitro benzene ring substituents is 1. The lowest BCUT2D eigenvalue weighted by Crippen LogP contribution is -2.70. The van der Waals surface area contributed by atoms with E-state index in [4.69, 9.17) is 0 Å². The van der Waals surface area contributed by atoms with Gasteiger partial charge in [-0.1, -0.05) is 30.3 Å². The number of imide groups is 2. The van der Waals surface area contributed by atoms with Gasteiger partial charge in [0.1, 0.15) is 0 Å². The number of amides is 4. The number of anilines is 1. The highest BCUT2D eigenvalue weighted by Crippen LogP contribution is 2.51. The average molecular weight is 422 g/mol. The molecule has 4 amide bonds. The van der Waals surface area contributed by atoms with Gasteiger partial charge in [0, 0.05) is 37.3 Å². The smallest absolute Gasteiger partial charge is 0.331 e. The topological polar surface area (TPSA) is 113 Å². The monoisotopic (exact) mass is 422 g/mol. The minimum Gasteiger partial charge on any atom is -0.366 e. The first-order valence-corrected chi connectivity index (χ1v) is 9.92. The number of rotatable bonds is 3. The highest BCUT2D eigenvalue weighted by atomic mass is 16.6. The van der Waals surface area contributed by atoms with E-state index >= 15 is 0 Å². The molecular weight excluding hydrogens is 400 g/mol. The summed E-state index contributed by atoms with van der Waals surface area (Å²) in [6, 6.07) is 11.6. The van der Waals surface area contributed by atoms with Crippen LogP contribution in [0, 0.1) is 15.5 Å². The van der Waals surface area contributed by atoms with Gasteiger partial charge in [-0.15, -0.1) is 0 Å². The summed E-state index contributed by atoms with van der Waals surface area (Å²) in [5.41, 5.74) is 0.150. The quantitative estimate of drug-likeness (QED) is 0.462. The van der Waals surface area contributed by atoms with Crippen molar-refractivity contribution in [3.63, 3.8) is 0 Å². The van der Waals surface area contributed by atoms with Crippen molar-refractivity contribution in [3.8, 4) is 0 Å². The largest absolute Gasteiger partial charge is 0.366 e. The maximum absolute atomic E-state index is 13.8. The number of barbiturate groups is 1. The predicted octanol–water partition coefficient (Wildman–Crippen LogP) is 2.80. The number of nitrogens with one attached hydrogen (secondary N) is 1. The summed E-state index contributed by atoms with van der Waals surface area (Å²) in [4.78, 5) is 53.3. The maximum atomic E-state index is 13.8. The van der Waals surface area contributed by atoms with Crippen LogP contribution in [-0.4, -0.2) is 40.8 Å². The van der Waals surface area contributed by atoms with Crippen LogP contribution in [0.5, 0.6) is 0 Å². The summed E-state index contributed by atoms with van der Waals surface area (Å²) in [6.45, 7) is 3.40. The molecule has 2 atom stereocenters. The standard InChI is InChI=1S/C22H22N4O5/c1-13(2)25-20(28)22(19(27)23-21(25)29)12-15-11-16(26(30)31)9-10-17(15)24(3)18(22)14-7-5-4-6-8-14/h4-11,13,18H,12H2,1-3H3,(H,23,27,29)/t18-,22-/m0/s1. The van der Waals surface area contributed by atoms with Crippen LogP contribution in [-0.2, 0) is 16.0 Å². The number of carbonyl (C=O) groups is 3. The van der Waals surface area contributed by atoms with Crippen molar-refractivity contribution in [2.45, 2.75) is 32.4 Å². The van der Waals surface area contributed by atoms with Gasteiger partial charge in [-0.25, -0.2) is 4.79 Å². The van der Waals surface area contributed by atoms with E-state index in [1.165, 1.54) is 12.1 Å². The van der Waals surface area contributed by atoms with Gasteiger partial charge in [-0.3, -0.25) is 29.9 Å². The summed E-state index contributed by atoms with van der Waals surface area (Å²) in [6.07, 6.45) is -0.0604. The summed E-state index contributed by atoms with van der Waals surface area (Å²) < 4.78 is 0. The number of carbonyl (C=O) groups excluding carboxylic acids is 3. The van der Waals surface area contributed by atoms with Crippen LogP contribution < -0.4 is 10.2 Å². The van der Waals surface area contributed by atoms with Gasteiger partial charge in [0.15, 0.2) is 5.41 Å². The van der Waals surface area contributed by atoms with Crippen molar-refractivity contribution < 1.29 is 19.3 Å². The fourth-order valence-corrected chi connectivity index (χ4v) is 4.72. The van der Waals surface area contributed by atoms with Crippen molar-refractivity contribution in [2.75, 3.05) is 11.9 Å². The molecule has 0 aliphatic carbocycles. The normalized spacial score (nSPS) is 23.2. The Bertz CT molecular complexity index is 1100. The van der Waals surface area contributed by atoms with E-state index in [2.05, 4.69) is 5.32 Å². The van der Waals surface area contributed by atoms with Crippen molar-refractivity contribution in [1.29, 1.82) is 0 Å². The van der Waals surface area contributed by atoms with Crippen LogP contribution in [0.2, 0.25) is 0 Å². The molecule has 1 spiro atoms. The molecule has 4 rings (SSSR count). The average Bonchev–Trinajstić information content (AvgIpc) is 2.72. The van der Waals surface area contributed by atoms with Crippen LogP contribution in [0.15, 0.2) is 48.5 Å². The lowest BCUT2D eigenvalue weighted by molar-refractivity contribution is -0.384. The van der Waals surface area contributed by atoms with Gasteiger partial charge in [-0.2, -0.15) is 0 Å². The fourth-order valence-electron chi connectivity index (χ4n) is 4.72. The van der Waals surface area contributed by atoms with Gasteiger partial charge in [0.25, 0.3) is 5.69 Å². The second-order valence-corrected chi connectivity index (χ2v) is 8.17.